The van der Waals surface area contributed by atoms with Gasteiger partial charge in [0.2, 0.25) is 0 Å². The third-order valence-corrected chi connectivity index (χ3v) is 3.56. The third kappa shape index (κ3) is 3.82. The molecule has 1 aromatic rings. The highest BCUT2D eigenvalue weighted by atomic mass is 16.6. The summed E-state index contributed by atoms with van der Waals surface area (Å²) in [7, 11) is 2.10. The van der Waals surface area contributed by atoms with Gasteiger partial charge in [-0.1, -0.05) is 32.9 Å². The van der Waals surface area contributed by atoms with Gasteiger partial charge < -0.3 is 4.84 Å². The van der Waals surface area contributed by atoms with E-state index >= 15 is 0 Å². The maximum Gasteiger partial charge on any atom is 0.145 e. The van der Waals surface area contributed by atoms with Crippen molar-refractivity contribution in [2.24, 2.45) is 5.16 Å². The number of aromatic amines is 1. The minimum atomic E-state index is 0.0890. The molecule has 0 amide bonds. The van der Waals surface area contributed by atoms with E-state index in [0.29, 0.717) is 0 Å². The van der Waals surface area contributed by atoms with Crippen molar-refractivity contribution in [3.63, 3.8) is 0 Å². The molecule has 0 saturated heterocycles. The predicted octanol–water partition coefficient (Wildman–Crippen LogP) is 2.69. The molecule has 112 valence electrons. The monoisotopic (exact) mass is 278 g/mol. The normalized spacial score (nSPS) is 19.3. The summed E-state index contributed by atoms with van der Waals surface area (Å²) in [4.78, 5) is 7.69. The lowest BCUT2D eigenvalue weighted by Crippen LogP contribution is -2.29. The predicted molar refractivity (Wildman–Crippen MR) is 80.8 cm³/mol. The first-order chi connectivity index (χ1) is 9.38. The van der Waals surface area contributed by atoms with Crippen LogP contribution in [0, 0.1) is 0 Å². The van der Waals surface area contributed by atoms with E-state index < -0.39 is 0 Å². The zero-order valence-corrected chi connectivity index (χ0v) is 13.2. The van der Waals surface area contributed by atoms with Gasteiger partial charge in [-0.3, -0.25) is 10.00 Å². The summed E-state index contributed by atoms with van der Waals surface area (Å²) in [6.07, 6.45) is 2.13. The number of nitrogens with zero attached hydrogens (tertiary/aromatic N) is 3. The van der Waals surface area contributed by atoms with Gasteiger partial charge in [-0.15, -0.1) is 0 Å². The van der Waals surface area contributed by atoms with Crippen LogP contribution in [-0.4, -0.2) is 40.5 Å². The largest absolute Gasteiger partial charge is 0.391 e. The van der Waals surface area contributed by atoms with Crippen LogP contribution in [0.3, 0.4) is 0 Å². The second-order valence-electron chi connectivity index (χ2n) is 6.67. The standard InChI is InChI=1S/C15H26N4O/c1-6-11-7-13(20-18-11)10-19(5)9-12-8-14(17-16-12)15(2,3)4/h8,13H,6-7,9-10H2,1-5H3,(H,16,17)/t13-/m0/s1. The Morgan fingerprint density at radius 3 is 2.75 bits per heavy atom. The van der Waals surface area contributed by atoms with Crippen molar-refractivity contribution in [3.05, 3.63) is 17.5 Å². The van der Waals surface area contributed by atoms with Gasteiger partial charge in [-0.25, -0.2) is 0 Å². The van der Waals surface area contributed by atoms with Gasteiger partial charge in [0, 0.05) is 30.6 Å². The molecular weight excluding hydrogens is 252 g/mol. The van der Waals surface area contributed by atoms with Crippen LogP contribution in [0.15, 0.2) is 11.2 Å². The molecule has 0 saturated carbocycles. The lowest BCUT2D eigenvalue weighted by atomic mass is 9.92. The highest BCUT2D eigenvalue weighted by Gasteiger charge is 2.22. The maximum atomic E-state index is 5.44. The average molecular weight is 278 g/mol. The molecule has 5 heteroatoms. The van der Waals surface area contributed by atoms with E-state index in [-0.39, 0.29) is 11.5 Å². The van der Waals surface area contributed by atoms with E-state index in [9.17, 15) is 0 Å². The Morgan fingerprint density at radius 1 is 1.45 bits per heavy atom. The lowest BCUT2D eigenvalue weighted by Gasteiger charge is -2.18. The number of likely N-dealkylation sites (N-methyl/N-ethyl adjacent to an activating group) is 1. The van der Waals surface area contributed by atoms with Crippen LogP contribution in [0.1, 0.15) is 51.9 Å². The third-order valence-electron chi connectivity index (χ3n) is 3.56. The van der Waals surface area contributed by atoms with Crippen LogP contribution in [0.4, 0.5) is 0 Å². The van der Waals surface area contributed by atoms with Crippen molar-refractivity contribution >= 4 is 5.71 Å². The summed E-state index contributed by atoms with van der Waals surface area (Å²) in [6.45, 7) is 10.4. The summed E-state index contributed by atoms with van der Waals surface area (Å²) in [6, 6.07) is 2.15. The van der Waals surface area contributed by atoms with Crippen molar-refractivity contribution in [1.29, 1.82) is 0 Å². The van der Waals surface area contributed by atoms with Gasteiger partial charge >= 0.3 is 0 Å². The first-order valence-electron chi connectivity index (χ1n) is 7.33. The molecule has 1 aliphatic heterocycles. The SMILES string of the molecule is CCC1=NO[C@H](CN(C)Cc2cc(C(C)(C)C)n[nH]2)C1. The summed E-state index contributed by atoms with van der Waals surface area (Å²) >= 11 is 0. The first-order valence-corrected chi connectivity index (χ1v) is 7.33. The summed E-state index contributed by atoms with van der Waals surface area (Å²) < 4.78 is 0. The van der Waals surface area contributed by atoms with Gasteiger partial charge in [0.15, 0.2) is 0 Å². The summed E-state index contributed by atoms with van der Waals surface area (Å²) in [5, 5.41) is 11.6. The molecule has 0 radical (unpaired) electrons. The summed E-state index contributed by atoms with van der Waals surface area (Å²) in [5.41, 5.74) is 3.51. The molecule has 2 rings (SSSR count). The van der Waals surface area contributed by atoms with Crippen LogP contribution in [0.25, 0.3) is 0 Å². The lowest BCUT2D eigenvalue weighted by molar-refractivity contribution is 0.0574. The van der Waals surface area contributed by atoms with Gasteiger partial charge in [0.05, 0.1) is 11.4 Å². The van der Waals surface area contributed by atoms with Crippen LogP contribution in [0.2, 0.25) is 0 Å². The molecule has 1 aliphatic rings. The topological polar surface area (TPSA) is 53.5 Å². The molecule has 0 aliphatic carbocycles. The van der Waals surface area contributed by atoms with E-state index in [4.69, 9.17) is 4.84 Å². The molecule has 0 fully saturated rings. The smallest absolute Gasteiger partial charge is 0.145 e. The fourth-order valence-electron chi connectivity index (χ4n) is 2.32. The van der Waals surface area contributed by atoms with E-state index in [1.54, 1.807) is 0 Å². The number of oxime groups is 1. The highest BCUT2D eigenvalue weighted by molar-refractivity contribution is 5.85. The number of hydrogen-bond donors (Lipinski definition) is 1. The van der Waals surface area contributed by atoms with E-state index in [1.807, 2.05) is 0 Å². The number of hydrogen-bond acceptors (Lipinski definition) is 4. The molecule has 0 unspecified atom stereocenters. The van der Waals surface area contributed by atoms with Crippen LogP contribution < -0.4 is 0 Å². The molecule has 0 spiro atoms. The Morgan fingerprint density at radius 2 is 2.20 bits per heavy atom. The molecule has 1 aromatic heterocycles. The number of aromatic nitrogens is 2. The Hall–Kier alpha value is -1.36. The fraction of sp³-hybridized carbons (Fsp3) is 0.733. The summed E-state index contributed by atoms with van der Waals surface area (Å²) in [5.74, 6) is 0. The Kier molecular flexibility index (Phi) is 4.48. The van der Waals surface area contributed by atoms with Crippen molar-refractivity contribution in [2.45, 2.75) is 58.6 Å². The number of H-pyrrole nitrogens is 1. The minimum Gasteiger partial charge on any atom is -0.391 e. The second-order valence-corrected chi connectivity index (χ2v) is 6.67. The number of rotatable bonds is 5. The molecule has 5 nitrogen and oxygen atoms in total. The van der Waals surface area contributed by atoms with Gasteiger partial charge in [-0.2, -0.15) is 5.10 Å². The molecular formula is C15H26N4O. The van der Waals surface area contributed by atoms with E-state index in [1.165, 1.54) is 5.71 Å². The molecule has 0 aromatic carbocycles. The fourth-order valence-corrected chi connectivity index (χ4v) is 2.32. The zero-order chi connectivity index (χ0) is 14.8. The molecule has 0 bridgehead atoms. The minimum absolute atomic E-state index is 0.0890. The zero-order valence-electron chi connectivity index (χ0n) is 13.2. The maximum absolute atomic E-state index is 5.44. The van der Waals surface area contributed by atoms with Crippen molar-refractivity contribution in [1.82, 2.24) is 15.1 Å². The van der Waals surface area contributed by atoms with Gasteiger partial charge in [0.1, 0.15) is 6.10 Å². The van der Waals surface area contributed by atoms with Crippen LogP contribution in [0.5, 0.6) is 0 Å². The van der Waals surface area contributed by atoms with E-state index in [2.05, 4.69) is 61.1 Å². The van der Waals surface area contributed by atoms with Crippen molar-refractivity contribution < 1.29 is 4.84 Å². The number of nitrogens with one attached hydrogen (secondary N) is 1. The highest BCUT2D eigenvalue weighted by Crippen LogP contribution is 2.21. The van der Waals surface area contributed by atoms with Gasteiger partial charge in [-0.05, 0) is 19.5 Å². The van der Waals surface area contributed by atoms with Gasteiger partial charge in [0.25, 0.3) is 0 Å². The van der Waals surface area contributed by atoms with Crippen molar-refractivity contribution in [3.8, 4) is 0 Å². The van der Waals surface area contributed by atoms with E-state index in [0.717, 1.165) is 37.3 Å². The quantitative estimate of drug-likeness (QED) is 0.901. The Labute approximate surface area is 121 Å². The Balaban J connectivity index is 1.83. The molecule has 2 heterocycles. The van der Waals surface area contributed by atoms with Crippen LogP contribution in [-0.2, 0) is 16.8 Å². The molecule has 1 atom stereocenters. The van der Waals surface area contributed by atoms with Crippen molar-refractivity contribution in [2.75, 3.05) is 13.6 Å². The first kappa shape index (κ1) is 15.0. The average Bonchev–Trinajstić information content (AvgIpc) is 2.97. The molecule has 1 N–H and O–H groups in total. The van der Waals surface area contributed by atoms with Crippen LogP contribution >= 0.6 is 0 Å². The Bertz CT molecular complexity index is 472. The molecule has 20 heavy (non-hydrogen) atoms. The second kappa shape index (κ2) is 5.95.